The number of rotatable bonds is 8. The van der Waals surface area contributed by atoms with Crippen LogP contribution < -0.4 is 14.4 Å². The molecular formula is C24H32N2O4. The van der Waals surface area contributed by atoms with Crippen LogP contribution in [-0.4, -0.2) is 68.3 Å². The van der Waals surface area contributed by atoms with Crippen LogP contribution in [0.5, 0.6) is 11.5 Å². The zero-order chi connectivity index (χ0) is 21.7. The number of carbonyl (C=O) groups is 1. The van der Waals surface area contributed by atoms with E-state index < -0.39 is 6.10 Å². The zero-order valence-corrected chi connectivity index (χ0v) is 18.4. The summed E-state index contributed by atoms with van der Waals surface area (Å²) in [6.45, 7) is 10.2. The minimum atomic E-state index is -0.602. The number of aliphatic hydroxyl groups is 1. The van der Waals surface area contributed by atoms with E-state index in [4.69, 9.17) is 9.47 Å². The number of hydrogen-bond donors (Lipinski definition) is 1. The number of benzene rings is 2. The van der Waals surface area contributed by atoms with E-state index in [2.05, 4.69) is 41.8 Å². The Bertz CT molecular complexity index is 876. The number of nitrogens with zero attached hydrogens (tertiary/aromatic N) is 2. The van der Waals surface area contributed by atoms with Gasteiger partial charge in [0.2, 0.25) is 0 Å². The lowest BCUT2D eigenvalue weighted by Crippen LogP contribution is -2.49. The third-order valence-electron chi connectivity index (χ3n) is 5.70. The molecule has 1 aliphatic heterocycles. The van der Waals surface area contributed by atoms with Gasteiger partial charge in [-0.25, -0.2) is 0 Å². The predicted octanol–water partition coefficient (Wildman–Crippen LogP) is 3.08. The first-order valence-electron chi connectivity index (χ1n) is 10.4. The SMILES string of the molecule is COc1cc(C(C)=O)ccc1OC[C@@H](O)CN1CCN(c2ccc(C)c(C)c2)CC1. The van der Waals surface area contributed by atoms with Crippen LogP contribution in [0, 0.1) is 13.8 Å². The number of hydrogen-bond acceptors (Lipinski definition) is 6. The van der Waals surface area contributed by atoms with Crippen molar-refractivity contribution in [2.24, 2.45) is 0 Å². The minimum absolute atomic E-state index is 0.0279. The van der Waals surface area contributed by atoms with Gasteiger partial charge in [-0.05, 0) is 62.2 Å². The number of β-amino-alcohol motifs (C(OH)–C–C–N with tert-alkyl or cyclic N) is 1. The van der Waals surface area contributed by atoms with E-state index in [9.17, 15) is 9.90 Å². The summed E-state index contributed by atoms with van der Waals surface area (Å²) >= 11 is 0. The topological polar surface area (TPSA) is 62.2 Å². The highest BCUT2D eigenvalue weighted by atomic mass is 16.5. The highest BCUT2D eigenvalue weighted by Crippen LogP contribution is 2.28. The van der Waals surface area contributed by atoms with E-state index in [1.165, 1.54) is 30.8 Å². The molecule has 162 valence electrons. The summed E-state index contributed by atoms with van der Waals surface area (Å²) in [6, 6.07) is 11.7. The summed E-state index contributed by atoms with van der Waals surface area (Å²) in [5.74, 6) is 0.998. The van der Waals surface area contributed by atoms with Crippen LogP contribution in [0.2, 0.25) is 0 Å². The number of ketones is 1. The van der Waals surface area contributed by atoms with Crippen molar-refractivity contribution in [3.63, 3.8) is 0 Å². The Morgan fingerprint density at radius 1 is 1.03 bits per heavy atom. The second-order valence-electron chi connectivity index (χ2n) is 7.94. The normalized spacial score (nSPS) is 15.7. The Morgan fingerprint density at radius 3 is 2.40 bits per heavy atom. The Labute approximate surface area is 179 Å². The molecule has 2 aromatic rings. The molecule has 0 amide bonds. The minimum Gasteiger partial charge on any atom is -0.493 e. The molecule has 2 aromatic carbocycles. The molecule has 1 heterocycles. The molecule has 6 heteroatoms. The summed E-state index contributed by atoms with van der Waals surface area (Å²) < 4.78 is 11.1. The van der Waals surface area contributed by atoms with Crippen molar-refractivity contribution in [3.8, 4) is 11.5 Å². The van der Waals surface area contributed by atoms with E-state index in [1.54, 1.807) is 18.2 Å². The number of aliphatic hydroxyl groups excluding tert-OH is 1. The number of Topliss-reactive ketones (excluding diaryl/α,β-unsaturated/α-hetero) is 1. The molecule has 0 unspecified atom stereocenters. The van der Waals surface area contributed by atoms with Crippen molar-refractivity contribution >= 4 is 11.5 Å². The summed E-state index contributed by atoms with van der Waals surface area (Å²) in [5.41, 5.74) is 4.46. The third-order valence-corrected chi connectivity index (χ3v) is 5.70. The predicted molar refractivity (Wildman–Crippen MR) is 119 cm³/mol. The molecule has 1 N–H and O–H groups in total. The monoisotopic (exact) mass is 412 g/mol. The van der Waals surface area contributed by atoms with Gasteiger partial charge < -0.3 is 19.5 Å². The maximum Gasteiger partial charge on any atom is 0.161 e. The first-order valence-corrected chi connectivity index (χ1v) is 10.4. The molecule has 30 heavy (non-hydrogen) atoms. The van der Waals surface area contributed by atoms with Crippen molar-refractivity contribution in [3.05, 3.63) is 53.1 Å². The smallest absolute Gasteiger partial charge is 0.161 e. The molecule has 0 saturated carbocycles. The van der Waals surface area contributed by atoms with Crippen molar-refractivity contribution in [2.45, 2.75) is 26.9 Å². The number of anilines is 1. The van der Waals surface area contributed by atoms with Gasteiger partial charge in [0, 0.05) is 44.0 Å². The largest absolute Gasteiger partial charge is 0.493 e. The maximum atomic E-state index is 11.5. The summed E-state index contributed by atoms with van der Waals surface area (Å²) in [4.78, 5) is 16.2. The average Bonchev–Trinajstić information content (AvgIpc) is 2.74. The van der Waals surface area contributed by atoms with E-state index in [0.29, 0.717) is 23.6 Å². The average molecular weight is 413 g/mol. The molecule has 0 aliphatic carbocycles. The second-order valence-corrected chi connectivity index (χ2v) is 7.94. The standard InChI is InChI=1S/C24H32N2O4/c1-17-5-7-21(13-18(17)2)26-11-9-25(10-12-26)15-22(28)16-30-23-8-6-20(19(3)27)14-24(23)29-4/h5-8,13-14,22,28H,9-12,15-16H2,1-4H3/t22-/m0/s1. The van der Waals surface area contributed by atoms with E-state index >= 15 is 0 Å². The maximum absolute atomic E-state index is 11.5. The second kappa shape index (κ2) is 9.96. The van der Waals surface area contributed by atoms with Crippen molar-refractivity contribution in [1.29, 1.82) is 0 Å². The van der Waals surface area contributed by atoms with Crippen LogP contribution in [0.15, 0.2) is 36.4 Å². The van der Waals surface area contributed by atoms with Gasteiger partial charge in [0.25, 0.3) is 0 Å². The molecule has 1 atom stereocenters. The van der Waals surface area contributed by atoms with Gasteiger partial charge in [-0.2, -0.15) is 0 Å². The first-order chi connectivity index (χ1) is 14.4. The van der Waals surface area contributed by atoms with Crippen LogP contribution in [0.3, 0.4) is 0 Å². The molecule has 0 bridgehead atoms. The van der Waals surface area contributed by atoms with Crippen molar-refractivity contribution in [1.82, 2.24) is 4.90 Å². The Hall–Kier alpha value is -2.57. The van der Waals surface area contributed by atoms with Gasteiger partial charge in [0.15, 0.2) is 17.3 Å². The summed E-state index contributed by atoms with van der Waals surface area (Å²) in [7, 11) is 1.54. The van der Waals surface area contributed by atoms with Gasteiger partial charge in [-0.1, -0.05) is 6.07 Å². The molecular weight excluding hydrogens is 380 g/mol. The Balaban J connectivity index is 1.47. The summed E-state index contributed by atoms with van der Waals surface area (Å²) in [5, 5.41) is 10.4. The molecule has 0 radical (unpaired) electrons. The highest BCUT2D eigenvalue weighted by Gasteiger charge is 2.20. The number of ether oxygens (including phenoxy) is 2. The van der Waals surface area contributed by atoms with Gasteiger partial charge in [-0.3, -0.25) is 9.69 Å². The molecule has 1 saturated heterocycles. The number of aryl methyl sites for hydroxylation is 2. The lowest BCUT2D eigenvalue weighted by molar-refractivity contribution is 0.0653. The lowest BCUT2D eigenvalue weighted by atomic mass is 10.1. The van der Waals surface area contributed by atoms with Gasteiger partial charge in [-0.15, -0.1) is 0 Å². The third kappa shape index (κ3) is 5.52. The highest BCUT2D eigenvalue weighted by molar-refractivity contribution is 5.94. The molecule has 0 spiro atoms. The van der Waals surface area contributed by atoms with E-state index in [1.807, 2.05) is 0 Å². The van der Waals surface area contributed by atoms with Gasteiger partial charge in [0.05, 0.1) is 7.11 Å². The molecule has 6 nitrogen and oxygen atoms in total. The first kappa shape index (κ1) is 22.1. The van der Waals surface area contributed by atoms with Gasteiger partial charge >= 0.3 is 0 Å². The Morgan fingerprint density at radius 2 is 1.77 bits per heavy atom. The van der Waals surface area contributed by atoms with Crippen molar-refractivity contribution < 1.29 is 19.4 Å². The van der Waals surface area contributed by atoms with Crippen LogP contribution in [0.25, 0.3) is 0 Å². The lowest BCUT2D eigenvalue weighted by Gasteiger charge is -2.37. The number of piperazine rings is 1. The van der Waals surface area contributed by atoms with Crippen LogP contribution in [0.1, 0.15) is 28.4 Å². The van der Waals surface area contributed by atoms with E-state index in [-0.39, 0.29) is 12.4 Å². The molecule has 3 rings (SSSR count). The molecule has 1 aliphatic rings. The number of carbonyl (C=O) groups excluding carboxylic acids is 1. The van der Waals surface area contributed by atoms with Gasteiger partial charge in [0.1, 0.15) is 12.7 Å². The fourth-order valence-electron chi connectivity index (χ4n) is 3.65. The van der Waals surface area contributed by atoms with Crippen LogP contribution in [-0.2, 0) is 0 Å². The molecule has 1 fully saturated rings. The summed E-state index contributed by atoms with van der Waals surface area (Å²) in [6.07, 6.45) is -0.602. The zero-order valence-electron chi connectivity index (χ0n) is 18.4. The quantitative estimate of drug-likeness (QED) is 0.673. The van der Waals surface area contributed by atoms with Crippen LogP contribution >= 0.6 is 0 Å². The number of methoxy groups -OCH3 is 1. The molecule has 0 aromatic heterocycles. The fraction of sp³-hybridized carbons (Fsp3) is 0.458. The van der Waals surface area contributed by atoms with Crippen LogP contribution in [0.4, 0.5) is 5.69 Å². The Kier molecular flexibility index (Phi) is 7.34. The van der Waals surface area contributed by atoms with E-state index in [0.717, 1.165) is 26.2 Å². The van der Waals surface area contributed by atoms with Crippen molar-refractivity contribution in [2.75, 3.05) is 51.3 Å². The fourth-order valence-corrected chi connectivity index (χ4v) is 3.65.